The summed E-state index contributed by atoms with van der Waals surface area (Å²) in [5.74, 6) is 2.12. The minimum atomic E-state index is -0.314. The van der Waals surface area contributed by atoms with Crippen LogP contribution in [0.3, 0.4) is 0 Å². The van der Waals surface area contributed by atoms with Crippen LogP contribution < -0.4 is 0 Å². The van der Waals surface area contributed by atoms with Crippen LogP contribution >= 0.6 is 0 Å². The Balaban J connectivity index is 1.51. The van der Waals surface area contributed by atoms with Crippen LogP contribution in [0.4, 0.5) is 0 Å². The molecule has 136 valence electrons. The first kappa shape index (κ1) is 16.2. The predicted molar refractivity (Wildman–Crippen MR) is 91.7 cm³/mol. The molecular weight excluding hydrogens is 316 g/mol. The van der Waals surface area contributed by atoms with Gasteiger partial charge >= 0.3 is 0 Å². The van der Waals surface area contributed by atoms with E-state index in [0.717, 1.165) is 45.1 Å². The monoisotopic (exact) mass is 344 g/mol. The highest BCUT2D eigenvalue weighted by molar-refractivity contribution is 5.92. The van der Waals surface area contributed by atoms with E-state index in [1.165, 1.54) is 5.57 Å². The number of hydrogen-bond donors (Lipinski definition) is 1. The second-order valence-corrected chi connectivity index (χ2v) is 9.43. The summed E-state index contributed by atoms with van der Waals surface area (Å²) < 4.78 is 6.20. The molecule has 4 nitrogen and oxygen atoms in total. The zero-order valence-corrected chi connectivity index (χ0v) is 15.0. The Morgan fingerprint density at radius 1 is 1.28 bits per heavy atom. The number of ketones is 2. The molecule has 5 rings (SSSR count). The summed E-state index contributed by atoms with van der Waals surface area (Å²) in [6, 6.07) is 0. The Kier molecular flexibility index (Phi) is 3.41. The third-order valence-corrected chi connectivity index (χ3v) is 8.78. The van der Waals surface area contributed by atoms with Crippen LogP contribution in [-0.2, 0) is 14.3 Å². The van der Waals surface area contributed by atoms with E-state index in [1.54, 1.807) is 0 Å². The lowest BCUT2D eigenvalue weighted by atomic mass is 9.46. The predicted octanol–water partition coefficient (Wildman–Crippen LogP) is 2.68. The van der Waals surface area contributed by atoms with E-state index in [1.807, 2.05) is 6.08 Å². The number of ether oxygens (including phenoxy) is 1. The topological polar surface area (TPSA) is 63.6 Å². The maximum Gasteiger partial charge on any atom is 0.161 e. The van der Waals surface area contributed by atoms with Gasteiger partial charge < -0.3 is 9.84 Å². The van der Waals surface area contributed by atoms with Crippen molar-refractivity contribution in [1.29, 1.82) is 0 Å². The number of carbonyl (C=O) groups excluding carboxylic acids is 2. The van der Waals surface area contributed by atoms with Crippen molar-refractivity contribution in [2.24, 2.45) is 34.5 Å². The molecule has 25 heavy (non-hydrogen) atoms. The zero-order valence-electron chi connectivity index (χ0n) is 15.0. The second kappa shape index (κ2) is 5.26. The fourth-order valence-corrected chi connectivity index (χ4v) is 7.68. The maximum absolute atomic E-state index is 12.3. The molecule has 1 N–H and O–H groups in total. The molecule has 0 radical (unpaired) electrons. The normalized spacial score (nSPS) is 50.7. The lowest BCUT2D eigenvalue weighted by molar-refractivity contribution is -0.132. The molecule has 1 heterocycles. The standard InChI is InChI=1S/C21H28O4/c1-20-6-5-15-13(14(20)2-3-16(20)18(24)10-22)9-19-17-8-12(23)4-7-21(15,17)11-25-19/h8,13-16,19,22H,2-7,9-11H2,1H3/t13-,14-,15-,16+,19?,20-,21-/m0/s1. The summed E-state index contributed by atoms with van der Waals surface area (Å²) in [5.41, 5.74) is 1.44. The van der Waals surface area contributed by atoms with Crippen LogP contribution in [0.5, 0.6) is 0 Å². The van der Waals surface area contributed by atoms with Crippen LogP contribution in [-0.4, -0.2) is 36.0 Å². The van der Waals surface area contributed by atoms with E-state index >= 15 is 0 Å². The highest BCUT2D eigenvalue weighted by atomic mass is 16.5. The van der Waals surface area contributed by atoms with Crippen molar-refractivity contribution < 1.29 is 19.4 Å². The van der Waals surface area contributed by atoms with Gasteiger partial charge in [-0.1, -0.05) is 6.92 Å². The SMILES string of the molecule is C[C@]12CC[C@H]3[C@@H](CC4OC[C@@]35CCC(=O)C=C45)[C@@H]1CC[C@@H]2C(=O)CO. The Hall–Kier alpha value is -1.00. The molecule has 3 saturated carbocycles. The van der Waals surface area contributed by atoms with E-state index in [9.17, 15) is 14.7 Å². The Labute approximate surface area is 149 Å². The summed E-state index contributed by atoms with van der Waals surface area (Å²) in [6.07, 6.45) is 8.92. The first-order valence-electron chi connectivity index (χ1n) is 10.00. The number of carbonyl (C=O) groups is 2. The molecule has 0 amide bonds. The number of hydrogen-bond acceptors (Lipinski definition) is 4. The fourth-order valence-electron chi connectivity index (χ4n) is 7.68. The van der Waals surface area contributed by atoms with E-state index in [2.05, 4.69) is 6.92 Å². The van der Waals surface area contributed by atoms with Gasteiger partial charge in [0.2, 0.25) is 0 Å². The molecule has 1 saturated heterocycles. The van der Waals surface area contributed by atoms with Gasteiger partial charge in [-0.15, -0.1) is 0 Å². The second-order valence-electron chi connectivity index (χ2n) is 9.43. The van der Waals surface area contributed by atoms with E-state index in [-0.39, 0.29) is 41.0 Å². The average Bonchev–Trinajstić information content (AvgIpc) is 3.08. The fraction of sp³-hybridized carbons (Fsp3) is 0.810. The molecule has 0 aromatic heterocycles. The first-order valence-corrected chi connectivity index (χ1v) is 10.00. The third-order valence-electron chi connectivity index (χ3n) is 8.78. The van der Waals surface area contributed by atoms with Crippen molar-refractivity contribution in [2.75, 3.05) is 13.2 Å². The van der Waals surface area contributed by atoms with Gasteiger partial charge in [0.1, 0.15) is 6.61 Å². The van der Waals surface area contributed by atoms with Gasteiger partial charge in [0.05, 0.1) is 12.7 Å². The summed E-state index contributed by atoms with van der Waals surface area (Å²) in [4.78, 5) is 24.3. The summed E-state index contributed by atoms with van der Waals surface area (Å²) in [7, 11) is 0. The van der Waals surface area contributed by atoms with Crippen LogP contribution in [0, 0.1) is 34.5 Å². The van der Waals surface area contributed by atoms with Gasteiger partial charge in [0.15, 0.2) is 11.6 Å². The minimum Gasteiger partial charge on any atom is -0.389 e. The highest BCUT2D eigenvalue weighted by Gasteiger charge is 2.64. The van der Waals surface area contributed by atoms with Crippen LogP contribution in [0.15, 0.2) is 11.6 Å². The minimum absolute atomic E-state index is 0.0318. The van der Waals surface area contributed by atoms with Gasteiger partial charge in [0.25, 0.3) is 0 Å². The van der Waals surface area contributed by atoms with Crippen LogP contribution in [0.25, 0.3) is 0 Å². The smallest absolute Gasteiger partial charge is 0.161 e. The molecule has 7 atom stereocenters. The van der Waals surface area contributed by atoms with Crippen molar-refractivity contribution in [3.05, 3.63) is 11.6 Å². The molecule has 4 heteroatoms. The van der Waals surface area contributed by atoms with Gasteiger partial charge in [-0.3, -0.25) is 9.59 Å². The van der Waals surface area contributed by atoms with Crippen molar-refractivity contribution in [2.45, 2.75) is 58.0 Å². The molecule has 4 fully saturated rings. The highest BCUT2D eigenvalue weighted by Crippen LogP contribution is 2.68. The van der Waals surface area contributed by atoms with E-state index in [4.69, 9.17) is 4.74 Å². The zero-order chi connectivity index (χ0) is 17.4. The van der Waals surface area contributed by atoms with Crippen molar-refractivity contribution in [1.82, 2.24) is 0 Å². The summed E-state index contributed by atoms with van der Waals surface area (Å²) >= 11 is 0. The first-order chi connectivity index (χ1) is 12.0. The Bertz CT molecular complexity index is 667. The number of aliphatic hydroxyl groups excluding tert-OH is 1. The number of Topliss-reactive ketones (excluding diaryl/α,β-unsaturated/α-hetero) is 1. The van der Waals surface area contributed by atoms with E-state index in [0.29, 0.717) is 24.2 Å². The molecule has 5 aliphatic rings. The molecular formula is C21H28O4. The lowest BCUT2D eigenvalue weighted by Crippen LogP contribution is -2.53. The molecule has 4 aliphatic carbocycles. The van der Waals surface area contributed by atoms with Crippen LogP contribution in [0.2, 0.25) is 0 Å². The maximum atomic E-state index is 12.3. The summed E-state index contributed by atoms with van der Waals surface area (Å²) in [5, 5.41) is 9.40. The third kappa shape index (κ3) is 1.96. The van der Waals surface area contributed by atoms with Crippen molar-refractivity contribution >= 4 is 11.6 Å². The van der Waals surface area contributed by atoms with Gasteiger partial charge in [-0.25, -0.2) is 0 Å². The number of fused-ring (bicyclic) bond motifs is 3. The van der Waals surface area contributed by atoms with Crippen molar-refractivity contribution in [3.8, 4) is 0 Å². The quantitative estimate of drug-likeness (QED) is 0.836. The van der Waals surface area contributed by atoms with Gasteiger partial charge in [-0.2, -0.15) is 0 Å². The van der Waals surface area contributed by atoms with Crippen LogP contribution in [0.1, 0.15) is 51.9 Å². The Morgan fingerprint density at radius 3 is 2.92 bits per heavy atom. The molecule has 1 unspecified atom stereocenters. The molecule has 1 aliphatic heterocycles. The molecule has 0 spiro atoms. The summed E-state index contributed by atoms with van der Waals surface area (Å²) in [6.45, 7) is 2.78. The van der Waals surface area contributed by atoms with Crippen molar-refractivity contribution in [3.63, 3.8) is 0 Å². The molecule has 0 aromatic rings. The van der Waals surface area contributed by atoms with Gasteiger partial charge in [-0.05, 0) is 73.3 Å². The van der Waals surface area contributed by atoms with Gasteiger partial charge in [0, 0.05) is 17.8 Å². The lowest BCUT2D eigenvalue weighted by Gasteiger charge is -2.56. The molecule has 0 aromatic carbocycles. The number of aliphatic hydroxyl groups is 1. The molecule has 2 bridgehead atoms. The van der Waals surface area contributed by atoms with E-state index < -0.39 is 0 Å². The Morgan fingerprint density at radius 2 is 2.12 bits per heavy atom. The number of rotatable bonds is 2. The average molecular weight is 344 g/mol. The largest absolute Gasteiger partial charge is 0.389 e.